The predicted molar refractivity (Wildman–Crippen MR) is 82.2 cm³/mol. The van der Waals surface area contributed by atoms with Crippen LogP contribution in [0.5, 0.6) is 0 Å². The first-order valence-electron chi connectivity index (χ1n) is 7.29. The van der Waals surface area contributed by atoms with Crippen molar-refractivity contribution in [3.63, 3.8) is 0 Å². The Kier molecular flexibility index (Phi) is 6.04. The van der Waals surface area contributed by atoms with Crippen LogP contribution in [-0.4, -0.2) is 34.6 Å². The highest BCUT2D eigenvalue weighted by atomic mass is 32.2. The topological polar surface area (TPSA) is 12.0 Å². The molecule has 2 fully saturated rings. The molecular weight excluding hydrogens is 246 g/mol. The first-order chi connectivity index (χ1) is 8.33. The number of thioether (sulfide) groups is 2. The van der Waals surface area contributed by atoms with Gasteiger partial charge in [-0.25, -0.2) is 0 Å². The van der Waals surface area contributed by atoms with Crippen molar-refractivity contribution in [2.75, 3.05) is 18.1 Å². The van der Waals surface area contributed by atoms with Crippen molar-refractivity contribution in [2.24, 2.45) is 5.92 Å². The van der Waals surface area contributed by atoms with Gasteiger partial charge in [-0.3, -0.25) is 0 Å². The number of hydrogen-bond acceptors (Lipinski definition) is 3. The van der Waals surface area contributed by atoms with Gasteiger partial charge in [-0.15, -0.1) is 0 Å². The summed E-state index contributed by atoms with van der Waals surface area (Å²) in [6, 6.07) is 0.783. The number of rotatable bonds is 5. The van der Waals surface area contributed by atoms with Crippen LogP contribution in [0.4, 0.5) is 0 Å². The molecule has 1 saturated carbocycles. The van der Waals surface area contributed by atoms with Crippen LogP contribution in [0.2, 0.25) is 0 Å². The first kappa shape index (κ1) is 14.1. The van der Waals surface area contributed by atoms with E-state index in [9.17, 15) is 0 Å². The molecule has 2 aliphatic rings. The van der Waals surface area contributed by atoms with Gasteiger partial charge in [0.2, 0.25) is 0 Å². The Morgan fingerprint density at radius 3 is 2.53 bits per heavy atom. The minimum absolute atomic E-state index is 0.783. The van der Waals surface area contributed by atoms with Gasteiger partial charge in [0.1, 0.15) is 0 Å². The van der Waals surface area contributed by atoms with Gasteiger partial charge >= 0.3 is 0 Å². The summed E-state index contributed by atoms with van der Waals surface area (Å²) in [4.78, 5) is 0. The Morgan fingerprint density at radius 2 is 1.88 bits per heavy atom. The zero-order chi connectivity index (χ0) is 12.1. The summed E-state index contributed by atoms with van der Waals surface area (Å²) in [6.07, 6.45) is 7.13. The molecule has 0 aromatic heterocycles. The van der Waals surface area contributed by atoms with Gasteiger partial charge in [-0.05, 0) is 31.7 Å². The summed E-state index contributed by atoms with van der Waals surface area (Å²) in [5, 5.41) is 5.56. The summed E-state index contributed by atoms with van der Waals surface area (Å²) < 4.78 is 0. The summed E-state index contributed by atoms with van der Waals surface area (Å²) in [5.41, 5.74) is 0. The molecule has 1 heterocycles. The van der Waals surface area contributed by atoms with E-state index in [1.54, 1.807) is 0 Å². The Hall–Kier alpha value is 0.660. The molecule has 0 spiro atoms. The molecule has 1 nitrogen and oxygen atoms in total. The molecule has 1 N–H and O–H groups in total. The summed E-state index contributed by atoms with van der Waals surface area (Å²) in [6.45, 7) is 5.93. The van der Waals surface area contributed by atoms with Crippen LogP contribution in [0.25, 0.3) is 0 Å². The molecule has 0 aromatic rings. The normalized spacial score (nSPS) is 32.8. The van der Waals surface area contributed by atoms with E-state index in [1.807, 2.05) is 0 Å². The van der Waals surface area contributed by atoms with Crippen LogP contribution in [0.3, 0.4) is 0 Å². The molecule has 2 rings (SSSR count). The van der Waals surface area contributed by atoms with Crippen molar-refractivity contribution in [2.45, 2.75) is 62.5 Å². The number of nitrogens with one attached hydrogen (secondary N) is 1. The summed E-state index contributed by atoms with van der Waals surface area (Å²) >= 11 is 4.42. The van der Waals surface area contributed by atoms with E-state index in [-0.39, 0.29) is 0 Å². The molecule has 3 unspecified atom stereocenters. The molecule has 0 aromatic carbocycles. The smallest absolute Gasteiger partial charge is 0.0320 e. The fourth-order valence-electron chi connectivity index (χ4n) is 3.22. The fraction of sp³-hybridized carbons (Fsp3) is 1.00. The molecular formula is C14H27NS2. The molecule has 3 atom stereocenters. The lowest BCUT2D eigenvalue weighted by atomic mass is 9.93. The second-order valence-corrected chi connectivity index (χ2v) is 8.21. The SMILES string of the molecule is CCCNC(C1CCCC1)C1SCCSC1C. The maximum absolute atomic E-state index is 3.88. The second kappa shape index (κ2) is 7.30. The van der Waals surface area contributed by atoms with Crippen LogP contribution in [0, 0.1) is 5.92 Å². The Morgan fingerprint density at radius 1 is 1.18 bits per heavy atom. The van der Waals surface area contributed by atoms with E-state index >= 15 is 0 Å². The molecule has 0 bridgehead atoms. The lowest BCUT2D eigenvalue weighted by Crippen LogP contribution is -2.48. The fourth-order valence-corrected chi connectivity index (χ4v) is 6.26. The molecule has 0 amide bonds. The van der Waals surface area contributed by atoms with Crippen LogP contribution in [-0.2, 0) is 0 Å². The quantitative estimate of drug-likeness (QED) is 0.818. The van der Waals surface area contributed by atoms with Gasteiger partial charge in [0.25, 0.3) is 0 Å². The second-order valence-electron chi connectivity index (χ2n) is 5.44. The monoisotopic (exact) mass is 273 g/mol. The van der Waals surface area contributed by atoms with Gasteiger partial charge in [-0.1, -0.05) is 26.7 Å². The average molecular weight is 274 g/mol. The highest BCUT2D eigenvalue weighted by Gasteiger charge is 2.35. The van der Waals surface area contributed by atoms with Crippen molar-refractivity contribution in [3.8, 4) is 0 Å². The summed E-state index contributed by atoms with van der Waals surface area (Å²) in [5.74, 6) is 3.67. The largest absolute Gasteiger partial charge is 0.313 e. The minimum atomic E-state index is 0.783. The van der Waals surface area contributed by atoms with Gasteiger partial charge in [-0.2, -0.15) is 23.5 Å². The van der Waals surface area contributed by atoms with Gasteiger partial charge in [0.15, 0.2) is 0 Å². The highest BCUT2D eigenvalue weighted by Crippen LogP contribution is 2.39. The third-order valence-corrected chi connectivity index (χ3v) is 7.34. The number of hydrogen-bond donors (Lipinski definition) is 1. The van der Waals surface area contributed by atoms with Crippen molar-refractivity contribution in [3.05, 3.63) is 0 Å². The van der Waals surface area contributed by atoms with Crippen LogP contribution < -0.4 is 5.32 Å². The molecule has 17 heavy (non-hydrogen) atoms. The van der Waals surface area contributed by atoms with Crippen LogP contribution >= 0.6 is 23.5 Å². The molecule has 1 aliphatic carbocycles. The van der Waals surface area contributed by atoms with E-state index in [0.29, 0.717) is 0 Å². The molecule has 1 aliphatic heterocycles. The molecule has 3 heteroatoms. The van der Waals surface area contributed by atoms with Crippen molar-refractivity contribution in [1.82, 2.24) is 5.32 Å². The van der Waals surface area contributed by atoms with Crippen LogP contribution in [0.15, 0.2) is 0 Å². The van der Waals surface area contributed by atoms with Gasteiger partial charge < -0.3 is 5.32 Å². The van der Waals surface area contributed by atoms with Crippen molar-refractivity contribution < 1.29 is 0 Å². The molecule has 0 radical (unpaired) electrons. The predicted octanol–water partition coefficient (Wildman–Crippen LogP) is 3.78. The summed E-state index contributed by atoms with van der Waals surface area (Å²) in [7, 11) is 0. The molecule has 1 saturated heterocycles. The zero-order valence-corrected chi connectivity index (χ0v) is 12.9. The third kappa shape index (κ3) is 3.81. The Balaban J connectivity index is 1.96. The standard InChI is InChI=1S/C14H27NS2/c1-3-8-15-13(12-6-4-5-7-12)14-11(2)16-9-10-17-14/h11-15H,3-10H2,1-2H3. The lowest BCUT2D eigenvalue weighted by Gasteiger charge is -2.38. The van der Waals surface area contributed by atoms with E-state index in [0.717, 1.165) is 22.5 Å². The maximum Gasteiger partial charge on any atom is 0.0320 e. The lowest BCUT2D eigenvalue weighted by molar-refractivity contribution is 0.348. The van der Waals surface area contributed by atoms with E-state index in [4.69, 9.17) is 0 Å². The third-order valence-electron chi connectivity index (χ3n) is 4.13. The zero-order valence-electron chi connectivity index (χ0n) is 11.3. The van der Waals surface area contributed by atoms with Crippen molar-refractivity contribution >= 4 is 23.5 Å². The Bertz CT molecular complexity index is 216. The maximum atomic E-state index is 3.88. The average Bonchev–Trinajstić information content (AvgIpc) is 2.85. The van der Waals surface area contributed by atoms with Crippen LogP contribution in [0.1, 0.15) is 46.0 Å². The van der Waals surface area contributed by atoms with Gasteiger partial charge in [0.05, 0.1) is 0 Å². The first-order valence-corrected chi connectivity index (χ1v) is 9.39. The minimum Gasteiger partial charge on any atom is -0.313 e. The van der Waals surface area contributed by atoms with Crippen molar-refractivity contribution in [1.29, 1.82) is 0 Å². The highest BCUT2D eigenvalue weighted by molar-refractivity contribution is 8.07. The van der Waals surface area contributed by atoms with Gasteiger partial charge in [0, 0.05) is 28.0 Å². The molecule has 100 valence electrons. The van der Waals surface area contributed by atoms with E-state index in [2.05, 4.69) is 42.7 Å². The van der Waals surface area contributed by atoms with E-state index in [1.165, 1.54) is 50.2 Å². The Labute approximate surface area is 115 Å². The van der Waals surface area contributed by atoms with E-state index < -0.39 is 0 Å².